The molecule has 0 bridgehead atoms. The number of hydrazine groups is 1. The minimum absolute atomic E-state index is 0. The molecule has 0 fully saturated rings. The third kappa shape index (κ3) is 3.05. The van der Waals surface area contributed by atoms with Crippen molar-refractivity contribution in [1.82, 2.24) is 10.4 Å². The van der Waals surface area contributed by atoms with Gasteiger partial charge >= 0.3 is 0 Å². The Kier molecular flexibility index (Phi) is 4.73. The second-order valence-corrected chi connectivity index (χ2v) is 4.75. The molecule has 23 heavy (non-hydrogen) atoms. The van der Waals surface area contributed by atoms with E-state index in [0.29, 0.717) is 6.54 Å². The van der Waals surface area contributed by atoms with Crippen molar-refractivity contribution in [3.8, 4) is 0 Å². The number of carbonyl (C=O) groups excluding carboxylic acids is 2. The van der Waals surface area contributed by atoms with Gasteiger partial charge < -0.3 is 0 Å². The SMILES string of the molecule is Cl.O=C1c2ccc([N+](=O)[O-])cc2C(=O)N1NCc1ccccc1. The highest BCUT2D eigenvalue weighted by molar-refractivity contribution is 6.21. The lowest BCUT2D eigenvalue weighted by Crippen LogP contribution is -2.41. The number of benzene rings is 2. The monoisotopic (exact) mass is 333 g/mol. The molecule has 0 saturated carbocycles. The van der Waals surface area contributed by atoms with Crippen molar-refractivity contribution >= 4 is 29.9 Å². The first-order chi connectivity index (χ1) is 10.6. The summed E-state index contributed by atoms with van der Waals surface area (Å²) >= 11 is 0. The summed E-state index contributed by atoms with van der Waals surface area (Å²) in [5.41, 5.74) is 3.65. The second kappa shape index (κ2) is 6.55. The lowest BCUT2D eigenvalue weighted by Gasteiger charge is -2.15. The third-order valence-electron chi connectivity index (χ3n) is 3.37. The van der Waals surface area contributed by atoms with Crippen LogP contribution in [0.15, 0.2) is 48.5 Å². The van der Waals surface area contributed by atoms with Gasteiger partial charge in [0.25, 0.3) is 17.5 Å². The van der Waals surface area contributed by atoms with Crippen molar-refractivity contribution in [3.63, 3.8) is 0 Å². The highest BCUT2D eigenvalue weighted by Crippen LogP contribution is 2.25. The Bertz CT molecular complexity index is 780. The van der Waals surface area contributed by atoms with Crippen LogP contribution in [-0.2, 0) is 6.54 Å². The van der Waals surface area contributed by atoms with Crippen molar-refractivity contribution in [1.29, 1.82) is 0 Å². The fourth-order valence-corrected chi connectivity index (χ4v) is 2.25. The highest BCUT2D eigenvalue weighted by Gasteiger charge is 2.36. The Balaban J connectivity index is 0.00000192. The summed E-state index contributed by atoms with van der Waals surface area (Å²) in [7, 11) is 0. The van der Waals surface area contributed by atoms with Crippen LogP contribution in [0.2, 0.25) is 0 Å². The van der Waals surface area contributed by atoms with Crippen molar-refractivity contribution in [2.24, 2.45) is 0 Å². The van der Waals surface area contributed by atoms with E-state index in [2.05, 4.69) is 5.43 Å². The fraction of sp³-hybridized carbons (Fsp3) is 0.0667. The molecule has 1 aliphatic rings. The predicted octanol–water partition coefficient (Wildman–Crippen LogP) is 2.32. The van der Waals surface area contributed by atoms with Crippen LogP contribution in [0.3, 0.4) is 0 Å². The summed E-state index contributed by atoms with van der Waals surface area (Å²) in [5, 5.41) is 11.7. The Labute approximate surface area is 137 Å². The Hall–Kier alpha value is -2.77. The molecule has 2 amide bonds. The zero-order valence-electron chi connectivity index (χ0n) is 11.8. The largest absolute Gasteiger partial charge is 0.276 e. The summed E-state index contributed by atoms with van der Waals surface area (Å²) in [6.07, 6.45) is 0. The van der Waals surface area contributed by atoms with Crippen LogP contribution in [0, 0.1) is 10.1 Å². The topological polar surface area (TPSA) is 92.5 Å². The number of halogens is 1. The van der Waals surface area contributed by atoms with Gasteiger partial charge in [0.05, 0.1) is 16.1 Å². The lowest BCUT2D eigenvalue weighted by molar-refractivity contribution is -0.384. The van der Waals surface area contributed by atoms with Crippen LogP contribution in [0.25, 0.3) is 0 Å². The molecule has 0 aliphatic carbocycles. The van der Waals surface area contributed by atoms with Crippen molar-refractivity contribution in [3.05, 3.63) is 75.3 Å². The van der Waals surface area contributed by atoms with Crippen molar-refractivity contribution in [2.45, 2.75) is 6.54 Å². The van der Waals surface area contributed by atoms with E-state index in [1.807, 2.05) is 30.3 Å². The van der Waals surface area contributed by atoms with Gasteiger partial charge in [0.1, 0.15) is 0 Å². The minimum atomic E-state index is -0.599. The molecule has 2 aromatic rings. The maximum Gasteiger partial charge on any atom is 0.276 e. The second-order valence-electron chi connectivity index (χ2n) is 4.75. The van der Waals surface area contributed by atoms with E-state index >= 15 is 0 Å². The molecule has 1 aliphatic heterocycles. The van der Waals surface area contributed by atoms with Gasteiger partial charge in [-0.2, -0.15) is 0 Å². The first-order valence-electron chi connectivity index (χ1n) is 6.52. The molecule has 2 aromatic carbocycles. The quantitative estimate of drug-likeness (QED) is 0.526. The maximum absolute atomic E-state index is 12.2. The lowest BCUT2D eigenvalue weighted by atomic mass is 10.1. The zero-order valence-corrected chi connectivity index (χ0v) is 12.6. The number of hydrogen-bond donors (Lipinski definition) is 1. The number of nitro benzene ring substituents is 1. The average molecular weight is 334 g/mol. The van der Waals surface area contributed by atoms with E-state index in [1.165, 1.54) is 12.1 Å². The van der Waals surface area contributed by atoms with Crippen LogP contribution in [-0.4, -0.2) is 21.7 Å². The fourth-order valence-electron chi connectivity index (χ4n) is 2.25. The number of carbonyl (C=O) groups is 2. The summed E-state index contributed by atoms with van der Waals surface area (Å²) < 4.78 is 0. The molecule has 7 nitrogen and oxygen atoms in total. The van der Waals surface area contributed by atoms with E-state index < -0.39 is 16.7 Å². The van der Waals surface area contributed by atoms with Crippen molar-refractivity contribution in [2.75, 3.05) is 0 Å². The molecule has 0 spiro atoms. The van der Waals surface area contributed by atoms with Gasteiger partial charge in [-0.1, -0.05) is 30.3 Å². The van der Waals surface area contributed by atoms with Crippen LogP contribution in [0.4, 0.5) is 5.69 Å². The number of imide groups is 1. The summed E-state index contributed by atoms with van der Waals surface area (Å²) in [6.45, 7) is 0.300. The number of rotatable bonds is 4. The number of nitrogens with zero attached hydrogens (tertiary/aromatic N) is 2. The molecule has 1 heterocycles. The van der Waals surface area contributed by atoms with Gasteiger partial charge in [-0.15, -0.1) is 12.4 Å². The number of hydrogen-bond acceptors (Lipinski definition) is 5. The molecule has 0 saturated heterocycles. The van der Waals surface area contributed by atoms with Gasteiger partial charge in [-0.05, 0) is 11.6 Å². The third-order valence-corrected chi connectivity index (χ3v) is 3.37. The molecule has 118 valence electrons. The van der Waals surface area contributed by atoms with Gasteiger partial charge in [0.2, 0.25) is 0 Å². The number of nitrogens with one attached hydrogen (secondary N) is 1. The molecule has 0 atom stereocenters. The van der Waals surface area contributed by atoms with Crippen molar-refractivity contribution < 1.29 is 14.5 Å². The smallest absolute Gasteiger partial charge is 0.267 e. The molecular weight excluding hydrogens is 322 g/mol. The van der Waals surface area contributed by atoms with E-state index in [4.69, 9.17) is 0 Å². The normalized spacial score (nSPS) is 12.8. The Morgan fingerprint density at radius 1 is 1.00 bits per heavy atom. The van der Waals surface area contributed by atoms with Gasteiger partial charge in [0.15, 0.2) is 0 Å². The maximum atomic E-state index is 12.2. The van der Waals surface area contributed by atoms with E-state index in [-0.39, 0.29) is 29.2 Å². The Morgan fingerprint density at radius 3 is 2.30 bits per heavy atom. The van der Waals surface area contributed by atoms with Gasteiger partial charge in [-0.25, -0.2) is 10.4 Å². The number of nitro groups is 1. The minimum Gasteiger partial charge on any atom is -0.267 e. The zero-order chi connectivity index (χ0) is 15.7. The molecule has 0 aromatic heterocycles. The predicted molar refractivity (Wildman–Crippen MR) is 84.1 cm³/mol. The first kappa shape index (κ1) is 16.6. The van der Waals surface area contributed by atoms with Crippen LogP contribution >= 0.6 is 12.4 Å². The molecule has 8 heteroatoms. The van der Waals surface area contributed by atoms with E-state index in [9.17, 15) is 19.7 Å². The summed E-state index contributed by atoms with van der Waals surface area (Å²) in [4.78, 5) is 34.6. The molecule has 0 unspecified atom stereocenters. The standard InChI is InChI=1S/C15H11N3O4.ClH/c19-14-12-7-6-11(18(21)22)8-13(12)15(20)17(14)16-9-10-4-2-1-3-5-10;/h1-8,16H,9H2;1H. The number of amides is 2. The average Bonchev–Trinajstić information content (AvgIpc) is 2.77. The van der Waals surface area contributed by atoms with Gasteiger partial charge in [-0.3, -0.25) is 19.7 Å². The first-order valence-corrected chi connectivity index (χ1v) is 6.52. The van der Waals surface area contributed by atoms with E-state index in [0.717, 1.165) is 16.6 Å². The van der Waals surface area contributed by atoms with Crippen LogP contribution < -0.4 is 5.43 Å². The number of fused-ring (bicyclic) bond motifs is 1. The van der Waals surface area contributed by atoms with Crippen LogP contribution in [0.1, 0.15) is 26.3 Å². The highest BCUT2D eigenvalue weighted by atomic mass is 35.5. The molecule has 0 radical (unpaired) electrons. The summed E-state index contributed by atoms with van der Waals surface area (Å²) in [5.74, 6) is -1.09. The summed E-state index contributed by atoms with van der Waals surface area (Å²) in [6, 6.07) is 12.9. The van der Waals surface area contributed by atoms with Gasteiger partial charge in [0, 0.05) is 18.7 Å². The Morgan fingerprint density at radius 2 is 1.65 bits per heavy atom. The van der Waals surface area contributed by atoms with E-state index in [1.54, 1.807) is 0 Å². The molecular formula is C15H12ClN3O4. The van der Waals surface area contributed by atoms with Crippen LogP contribution in [0.5, 0.6) is 0 Å². The number of non-ortho nitro benzene ring substituents is 1. The molecule has 3 rings (SSSR count). The molecule has 1 N–H and O–H groups in total.